The Labute approximate surface area is 121 Å². The number of allylic oxidation sites excluding steroid dienone is 2. The molecule has 0 aliphatic heterocycles. The summed E-state index contributed by atoms with van der Waals surface area (Å²) >= 11 is 0. The van der Waals surface area contributed by atoms with Gasteiger partial charge in [-0.15, -0.1) is 0 Å². The molecule has 1 aromatic carbocycles. The number of benzene rings is 1. The predicted molar refractivity (Wildman–Crippen MR) is 77.9 cm³/mol. The quantitative estimate of drug-likeness (QED) is 0.501. The van der Waals surface area contributed by atoms with Crippen LogP contribution in [0.5, 0.6) is 0 Å². The van der Waals surface area contributed by atoms with Crippen LogP contribution in [-0.4, -0.2) is 0 Å². The van der Waals surface area contributed by atoms with Gasteiger partial charge in [-0.1, -0.05) is 48.6 Å². The molecular formula is C16H24Zn. The molecule has 0 nitrogen and oxygen atoms in total. The fourth-order valence-corrected chi connectivity index (χ4v) is 1.04. The first-order chi connectivity index (χ1) is 7.61. The summed E-state index contributed by atoms with van der Waals surface area (Å²) in [5.41, 5.74) is 4.59. The zero-order valence-electron chi connectivity index (χ0n) is 11.8. The molecule has 0 heterocycles. The van der Waals surface area contributed by atoms with Crippen LogP contribution in [0.15, 0.2) is 37.4 Å². The van der Waals surface area contributed by atoms with Crippen LogP contribution in [0.2, 0.25) is 0 Å². The molecule has 0 saturated carbocycles. The third kappa shape index (κ3) is 9.06. The van der Waals surface area contributed by atoms with Crippen LogP contribution in [0, 0.1) is 13.8 Å². The minimum absolute atomic E-state index is 0. The molecule has 1 heteroatoms. The topological polar surface area (TPSA) is 0 Å². The van der Waals surface area contributed by atoms with Crippen LogP contribution in [0.3, 0.4) is 0 Å². The van der Waals surface area contributed by atoms with E-state index < -0.39 is 0 Å². The monoisotopic (exact) mass is 280 g/mol. The summed E-state index contributed by atoms with van der Waals surface area (Å²) < 4.78 is 0. The van der Waals surface area contributed by atoms with E-state index in [1.54, 1.807) is 13.8 Å². The van der Waals surface area contributed by atoms with Crippen LogP contribution >= 0.6 is 0 Å². The van der Waals surface area contributed by atoms with Gasteiger partial charge in [0, 0.05) is 0 Å². The molecule has 0 aliphatic carbocycles. The van der Waals surface area contributed by atoms with Crippen molar-refractivity contribution in [3.8, 4) is 0 Å². The van der Waals surface area contributed by atoms with Crippen LogP contribution in [0.4, 0.5) is 0 Å². The van der Waals surface area contributed by atoms with Gasteiger partial charge in [0.05, 0.1) is 0 Å². The zero-order chi connectivity index (χ0) is 13.1. The van der Waals surface area contributed by atoms with Gasteiger partial charge in [-0.05, 0) is 25.0 Å². The minimum Gasteiger partial charge on any atom is -0.346 e. The Morgan fingerprint density at radius 3 is 1.06 bits per heavy atom. The molecule has 1 rings (SSSR count). The van der Waals surface area contributed by atoms with Crippen molar-refractivity contribution in [1.29, 1.82) is 0 Å². The van der Waals surface area contributed by atoms with Gasteiger partial charge in [0.2, 0.25) is 0 Å². The maximum absolute atomic E-state index is 3.88. The van der Waals surface area contributed by atoms with Gasteiger partial charge in [-0.25, -0.2) is 0 Å². The van der Waals surface area contributed by atoms with Gasteiger partial charge < -0.3 is 13.8 Å². The van der Waals surface area contributed by atoms with Crippen LogP contribution in [0.25, 0.3) is 11.1 Å². The molecule has 0 unspecified atom stereocenters. The Morgan fingerprint density at radius 2 is 0.941 bits per heavy atom. The van der Waals surface area contributed by atoms with Crippen molar-refractivity contribution in [3.63, 3.8) is 0 Å². The maximum atomic E-state index is 3.88. The van der Waals surface area contributed by atoms with Crippen LogP contribution in [-0.2, 0) is 19.5 Å². The second-order valence-corrected chi connectivity index (χ2v) is 3.14. The Balaban J connectivity index is -0.000000355. The van der Waals surface area contributed by atoms with Crippen LogP contribution in [0.1, 0.15) is 38.8 Å². The summed E-state index contributed by atoms with van der Waals surface area (Å²) in [6, 6.07) is 8.30. The molecule has 17 heavy (non-hydrogen) atoms. The number of rotatable bonds is 2. The Bertz CT molecular complexity index is 274. The van der Waals surface area contributed by atoms with Crippen LogP contribution < -0.4 is 0 Å². The predicted octanol–water partition coefficient (Wildman–Crippen LogP) is 5.43. The van der Waals surface area contributed by atoms with Crippen molar-refractivity contribution in [2.75, 3.05) is 0 Å². The average Bonchev–Trinajstić information content (AvgIpc) is 2.34. The van der Waals surface area contributed by atoms with E-state index in [-0.39, 0.29) is 19.5 Å². The van der Waals surface area contributed by atoms with Crippen molar-refractivity contribution >= 4 is 11.1 Å². The van der Waals surface area contributed by atoms with E-state index in [0.29, 0.717) is 0 Å². The molecule has 0 saturated heterocycles. The standard InChI is InChI=1S/C12H14.2C2H5.Zn/c1-9(2)11-5-7-12(8-6-11)10(3)4;2*1-2;/h5-8H,1,3H2,2,4H3;2*1H2,2H3;/q;2*-1;+2. The van der Waals surface area contributed by atoms with Gasteiger partial charge >= 0.3 is 19.5 Å². The van der Waals surface area contributed by atoms with Crippen molar-refractivity contribution in [3.05, 3.63) is 62.4 Å². The van der Waals surface area contributed by atoms with E-state index >= 15 is 0 Å². The number of hydrogen-bond acceptors (Lipinski definition) is 0. The Hall–Kier alpha value is -0.677. The molecule has 0 fully saturated rings. The molecule has 0 bridgehead atoms. The van der Waals surface area contributed by atoms with E-state index in [2.05, 4.69) is 51.3 Å². The van der Waals surface area contributed by atoms with Gasteiger partial charge in [-0.3, -0.25) is 0 Å². The Morgan fingerprint density at radius 1 is 0.765 bits per heavy atom. The van der Waals surface area contributed by atoms with Crippen molar-refractivity contribution in [1.82, 2.24) is 0 Å². The first-order valence-electron chi connectivity index (χ1n) is 5.44. The third-order valence-electron chi connectivity index (χ3n) is 1.87. The van der Waals surface area contributed by atoms with Gasteiger partial charge in [0.25, 0.3) is 0 Å². The summed E-state index contributed by atoms with van der Waals surface area (Å²) in [5.74, 6) is 0. The van der Waals surface area contributed by atoms with Crippen molar-refractivity contribution in [2.45, 2.75) is 27.7 Å². The fourth-order valence-electron chi connectivity index (χ4n) is 1.04. The van der Waals surface area contributed by atoms with E-state index in [1.807, 2.05) is 13.8 Å². The van der Waals surface area contributed by atoms with Gasteiger partial charge in [0.1, 0.15) is 0 Å². The van der Waals surface area contributed by atoms with E-state index in [0.717, 1.165) is 11.1 Å². The van der Waals surface area contributed by atoms with Crippen molar-refractivity contribution in [2.24, 2.45) is 0 Å². The smallest absolute Gasteiger partial charge is 0.346 e. The summed E-state index contributed by atoms with van der Waals surface area (Å²) in [4.78, 5) is 0. The second-order valence-electron chi connectivity index (χ2n) is 3.14. The first kappa shape index (κ1) is 21.6. The maximum Gasteiger partial charge on any atom is 2.00 e. The summed E-state index contributed by atoms with van der Waals surface area (Å²) in [7, 11) is 0. The summed E-state index contributed by atoms with van der Waals surface area (Å²) in [6.07, 6.45) is 0. The number of hydrogen-bond donors (Lipinski definition) is 0. The minimum atomic E-state index is 0. The zero-order valence-corrected chi connectivity index (χ0v) is 14.8. The largest absolute Gasteiger partial charge is 2.00 e. The van der Waals surface area contributed by atoms with Gasteiger partial charge in [0.15, 0.2) is 0 Å². The second kappa shape index (κ2) is 13.4. The summed E-state index contributed by atoms with van der Waals surface area (Å²) in [6.45, 7) is 21.8. The van der Waals surface area contributed by atoms with E-state index in [4.69, 9.17) is 0 Å². The summed E-state index contributed by atoms with van der Waals surface area (Å²) in [5, 5.41) is 0. The normalized spacial score (nSPS) is 7.41. The molecule has 0 spiro atoms. The average molecular weight is 282 g/mol. The first-order valence-corrected chi connectivity index (χ1v) is 5.44. The molecule has 0 aromatic heterocycles. The van der Waals surface area contributed by atoms with E-state index in [1.165, 1.54) is 11.1 Å². The third-order valence-corrected chi connectivity index (χ3v) is 1.87. The molecule has 0 amide bonds. The molecular weight excluding hydrogens is 258 g/mol. The van der Waals surface area contributed by atoms with Gasteiger partial charge in [-0.2, -0.15) is 13.8 Å². The van der Waals surface area contributed by atoms with Crippen molar-refractivity contribution < 1.29 is 19.5 Å². The Kier molecular flexibility index (Phi) is 17.0. The molecule has 0 aliphatic rings. The SMILES string of the molecule is C=C(C)c1ccc(C(=C)C)cc1.[CH2-]C.[CH2-]C.[Zn+2]. The van der Waals surface area contributed by atoms with E-state index in [9.17, 15) is 0 Å². The fraction of sp³-hybridized carbons (Fsp3) is 0.250. The molecule has 1 aromatic rings. The molecule has 0 radical (unpaired) electrons. The molecule has 0 atom stereocenters. The molecule has 0 N–H and O–H groups in total. The molecule has 90 valence electrons.